The summed E-state index contributed by atoms with van der Waals surface area (Å²) < 4.78 is 0. The molecular formula is C16H12N4OS. The molecule has 22 heavy (non-hydrogen) atoms. The lowest BCUT2D eigenvalue weighted by Crippen LogP contribution is -2.02. The number of fused-ring (bicyclic) bond motifs is 1. The van der Waals surface area contributed by atoms with Crippen molar-refractivity contribution in [3.63, 3.8) is 0 Å². The molecule has 4 N–H and O–H groups in total. The third-order valence-corrected chi connectivity index (χ3v) is 4.61. The molecule has 0 radical (unpaired) electrons. The Morgan fingerprint density at radius 3 is 2.59 bits per heavy atom. The number of aromatic nitrogens is 1. The molecule has 1 aromatic carbocycles. The summed E-state index contributed by atoms with van der Waals surface area (Å²) in [5.74, 6) is 0.00467. The number of nitrogens with two attached hydrogens (primary N) is 2. The van der Waals surface area contributed by atoms with Crippen LogP contribution >= 0.6 is 11.3 Å². The lowest BCUT2D eigenvalue weighted by atomic mass is 10.0. The van der Waals surface area contributed by atoms with Crippen molar-refractivity contribution >= 4 is 38.8 Å². The number of nitrogen functional groups attached to an aromatic ring is 2. The number of anilines is 2. The normalized spacial score (nSPS) is 10.5. The molecule has 3 rings (SSSR count). The molecule has 0 bridgehead atoms. The second-order valence-corrected chi connectivity index (χ2v) is 5.83. The molecule has 3 aromatic rings. The first-order chi connectivity index (χ1) is 10.5. The summed E-state index contributed by atoms with van der Waals surface area (Å²) in [6.45, 7) is 1.76. The van der Waals surface area contributed by atoms with Crippen LogP contribution in [0.4, 0.5) is 11.5 Å². The quantitative estimate of drug-likeness (QED) is 0.708. The Morgan fingerprint density at radius 2 is 1.95 bits per heavy atom. The fraction of sp³-hybridized carbons (Fsp3) is 0.0625. The molecule has 5 nitrogen and oxygen atoms in total. The number of rotatable bonds is 2. The van der Waals surface area contributed by atoms with Crippen molar-refractivity contribution in [2.24, 2.45) is 0 Å². The number of hydrogen-bond donors (Lipinski definition) is 2. The Balaban J connectivity index is 2.26. The second-order valence-electron chi connectivity index (χ2n) is 4.83. The van der Waals surface area contributed by atoms with Crippen LogP contribution in [0.15, 0.2) is 30.3 Å². The molecule has 0 aliphatic rings. The van der Waals surface area contributed by atoms with Crippen molar-refractivity contribution < 1.29 is 4.79 Å². The van der Waals surface area contributed by atoms with E-state index in [9.17, 15) is 4.79 Å². The van der Waals surface area contributed by atoms with Gasteiger partial charge in [0.2, 0.25) is 5.78 Å². The van der Waals surface area contributed by atoms with Gasteiger partial charge in [-0.25, -0.2) is 4.98 Å². The van der Waals surface area contributed by atoms with Gasteiger partial charge in [0.1, 0.15) is 21.6 Å². The van der Waals surface area contributed by atoms with Crippen LogP contribution in [-0.4, -0.2) is 10.8 Å². The zero-order chi connectivity index (χ0) is 15.9. The number of ketones is 1. The van der Waals surface area contributed by atoms with E-state index in [-0.39, 0.29) is 11.6 Å². The third-order valence-electron chi connectivity index (χ3n) is 3.51. The maximum Gasteiger partial charge on any atom is 0.205 e. The van der Waals surface area contributed by atoms with Crippen LogP contribution in [0.5, 0.6) is 0 Å². The van der Waals surface area contributed by atoms with Crippen LogP contribution in [0.25, 0.3) is 10.2 Å². The molecule has 0 saturated carbocycles. The Kier molecular flexibility index (Phi) is 3.28. The van der Waals surface area contributed by atoms with Gasteiger partial charge in [0.25, 0.3) is 0 Å². The second kappa shape index (κ2) is 5.13. The molecule has 0 aliphatic heterocycles. The Morgan fingerprint density at radius 1 is 1.27 bits per heavy atom. The minimum atomic E-state index is -0.155. The average Bonchev–Trinajstić information content (AvgIpc) is 2.84. The molecule has 0 saturated heterocycles. The van der Waals surface area contributed by atoms with Gasteiger partial charge in [-0.3, -0.25) is 4.79 Å². The molecule has 0 atom stereocenters. The van der Waals surface area contributed by atoms with Crippen molar-refractivity contribution in [1.82, 2.24) is 4.98 Å². The molecule has 2 heterocycles. The molecular weight excluding hydrogens is 296 g/mol. The molecule has 0 unspecified atom stereocenters. The van der Waals surface area contributed by atoms with E-state index in [4.69, 9.17) is 16.7 Å². The first-order valence-electron chi connectivity index (χ1n) is 6.52. The van der Waals surface area contributed by atoms with Gasteiger partial charge in [-0.15, -0.1) is 11.3 Å². The highest BCUT2D eigenvalue weighted by Gasteiger charge is 2.22. The number of benzene rings is 1. The van der Waals surface area contributed by atoms with Crippen molar-refractivity contribution in [3.05, 3.63) is 51.9 Å². The monoisotopic (exact) mass is 308 g/mol. The highest BCUT2D eigenvalue weighted by atomic mass is 32.1. The van der Waals surface area contributed by atoms with Crippen molar-refractivity contribution in [2.45, 2.75) is 6.92 Å². The summed E-state index contributed by atoms with van der Waals surface area (Å²) in [6, 6.07) is 10.9. The van der Waals surface area contributed by atoms with Crippen LogP contribution < -0.4 is 11.5 Å². The van der Waals surface area contributed by atoms with Crippen molar-refractivity contribution in [2.75, 3.05) is 11.5 Å². The third kappa shape index (κ3) is 2.00. The van der Waals surface area contributed by atoms with E-state index in [0.717, 1.165) is 0 Å². The molecule has 2 aromatic heterocycles. The van der Waals surface area contributed by atoms with Gasteiger partial charge in [-0.2, -0.15) is 5.26 Å². The fourth-order valence-electron chi connectivity index (χ4n) is 2.39. The summed E-state index contributed by atoms with van der Waals surface area (Å²) in [6.07, 6.45) is 0. The minimum absolute atomic E-state index is 0.155. The zero-order valence-corrected chi connectivity index (χ0v) is 12.6. The summed E-state index contributed by atoms with van der Waals surface area (Å²) in [4.78, 5) is 17.8. The number of carbonyl (C=O) groups excluding carboxylic acids is 1. The number of hydrogen-bond acceptors (Lipinski definition) is 6. The highest BCUT2D eigenvalue weighted by molar-refractivity contribution is 7.21. The molecule has 0 fully saturated rings. The average molecular weight is 308 g/mol. The molecule has 6 heteroatoms. The minimum Gasteiger partial charge on any atom is -0.397 e. The Hall–Kier alpha value is -2.91. The lowest BCUT2D eigenvalue weighted by molar-refractivity contribution is 0.104. The van der Waals surface area contributed by atoms with E-state index >= 15 is 0 Å². The first-order valence-corrected chi connectivity index (χ1v) is 7.34. The Bertz CT molecular complexity index is 938. The largest absolute Gasteiger partial charge is 0.397 e. The van der Waals surface area contributed by atoms with Gasteiger partial charge in [-0.05, 0) is 12.5 Å². The molecule has 0 aliphatic carbocycles. The molecule has 0 amide bonds. The summed E-state index contributed by atoms with van der Waals surface area (Å²) in [5.41, 5.74) is 13.8. The van der Waals surface area contributed by atoms with Crippen molar-refractivity contribution in [3.8, 4) is 6.07 Å². The van der Waals surface area contributed by atoms with Gasteiger partial charge >= 0.3 is 0 Å². The summed E-state index contributed by atoms with van der Waals surface area (Å²) in [5, 5.41) is 9.80. The number of thiophene rings is 1. The molecule has 0 spiro atoms. The van der Waals surface area contributed by atoms with Gasteiger partial charge < -0.3 is 11.5 Å². The number of pyridine rings is 1. The van der Waals surface area contributed by atoms with Gasteiger partial charge in [0.05, 0.1) is 11.3 Å². The maximum atomic E-state index is 12.6. The predicted octanol–water partition coefficient (Wildman–Crippen LogP) is 2.87. The van der Waals surface area contributed by atoms with Crippen LogP contribution in [-0.2, 0) is 0 Å². The van der Waals surface area contributed by atoms with Crippen LogP contribution in [0, 0.1) is 18.3 Å². The SMILES string of the molecule is Cc1c(C#N)c(N)nc2sc(C(=O)c3ccccc3)c(N)c12. The number of nitrogens with zero attached hydrogens (tertiary/aromatic N) is 2. The van der Waals surface area contributed by atoms with E-state index in [1.807, 2.05) is 12.1 Å². The van der Waals surface area contributed by atoms with E-state index in [1.165, 1.54) is 11.3 Å². The summed E-state index contributed by atoms with van der Waals surface area (Å²) >= 11 is 1.20. The van der Waals surface area contributed by atoms with E-state index in [0.29, 0.717) is 37.5 Å². The molecule has 108 valence electrons. The lowest BCUT2D eigenvalue weighted by Gasteiger charge is -2.03. The van der Waals surface area contributed by atoms with Gasteiger partial charge in [0, 0.05) is 10.9 Å². The maximum absolute atomic E-state index is 12.6. The van der Waals surface area contributed by atoms with E-state index in [2.05, 4.69) is 4.98 Å². The standard InChI is InChI=1S/C16H12N4OS/c1-8-10(7-17)15(19)20-16-11(8)12(18)14(22-16)13(21)9-5-3-2-4-6-9/h2-6H,18H2,1H3,(H2,19,20). The van der Waals surface area contributed by atoms with Crippen molar-refractivity contribution in [1.29, 1.82) is 5.26 Å². The predicted molar refractivity (Wildman–Crippen MR) is 87.8 cm³/mol. The number of nitriles is 1. The van der Waals surface area contributed by atoms with Gasteiger partial charge in [0.15, 0.2) is 0 Å². The van der Waals surface area contributed by atoms with E-state index < -0.39 is 0 Å². The topological polar surface area (TPSA) is 106 Å². The number of aryl methyl sites for hydroxylation is 1. The van der Waals surface area contributed by atoms with Crippen LogP contribution in [0.3, 0.4) is 0 Å². The van der Waals surface area contributed by atoms with E-state index in [1.54, 1.807) is 31.2 Å². The smallest absolute Gasteiger partial charge is 0.205 e. The number of carbonyl (C=O) groups is 1. The highest BCUT2D eigenvalue weighted by Crippen LogP contribution is 2.38. The summed E-state index contributed by atoms with van der Waals surface area (Å²) in [7, 11) is 0. The van der Waals surface area contributed by atoms with Crippen LogP contribution in [0.1, 0.15) is 26.4 Å². The zero-order valence-electron chi connectivity index (χ0n) is 11.8. The first kappa shape index (κ1) is 14.0. The van der Waals surface area contributed by atoms with Crippen LogP contribution in [0.2, 0.25) is 0 Å². The fourth-order valence-corrected chi connectivity index (χ4v) is 3.51. The van der Waals surface area contributed by atoms with Gasteiger partial charge in [-0.1, -0.05) is 30.3 Å². The Labute approximate surface area is 130 Å².